The third-order valence-electron chi connectivity index (χ3n) is 6.52. The van der Waals surface area contributed by atoms with Gasteiger partial charge in [0.1, 0.15) is 11.0 Å². The van der Waals surface area contributed by atoms with Crippen molar-refractivity contribution < 1.29 is 34.4 Å². The number of hydrogen-bond acceptors (Lipinski definition) is 5. The minimum atomic E-state index is -1.36. The molecule has 0 radical (unpaired) electrons. The van der Waals surface area contributed by atoms with E-state index in [2.05, 4.69) is 0 Å². The Morgan fingerprint density at radius 2 is 2.00 bits per heavy atom. The number of aliphatic carboxylic acids is 2. The molecule has 1 unspecified atom stereocenters. The van der Waals surface area contributed by atoms with Gasteiger partial charge in [-0.3, -0.25) is 4.79 Å². The lowest BCUT2D eigenvalue weighted by atomic mass is 9.62. The zero-order chi connectivity index (χ0) is 20.0. The summed E-state index contributed by atoms with van der Waals surface area (Å²) >= 11 is 0. The summed E-state index contributed by atoms with van der Waals surface area (Å²) in [5.74, 6) is -2.98. The minimum absolute atomic E-state index is 0.140. The zero-order valence-corrected chi connectivity index (χ0v) is 15.4. The maximum absolute atomic E-state index is 13.0. The molecule has 27 heavy (non-hydrogen) atoms. The molecule has 3 aliphatic rings. The molecule has 7 nitrogen and oxygen atoms in total. The number of esters is 1. The fourth-order valence-corrected chi connectivity index (χ4v) is 4.89. The monoisotopic (exact) mass is 376 g/mol. The first-order chi connectivity index (χ1) is 12.6. The van der Waals surface area contributed by atoms with Gasteiger partial charge in [0.15, 0.2) is 0 Å². The highest BCUT2D eigenvalue weighted by molar-refractivity contribution is 5.88. The molecule has 7 heteroatoms. The van der Waals surface area contributed by atoms with Gasteiger partial charge in [0.25, 0.3) is 0 Å². The van der Waals surface area contributed by atoms with Crippen molar-refractivity contribution in [2.45, 2.75) is 57.2 Å². The van der Waals surface area contributed by atoms with Gasteiger partial charge in [-0.25, -0.2) is 9.59 Å². The normalized spacial score (nSPS) is 38.8. The summed E-state index contributed by atoms with van der Waals surface area (Å²) < 4.78 is 5.74. The highest BCUT2D eigenvalue weighted by atomic mass is 16.6. The fourth-order valence-electron chi connectivity index (χ4n) is 4.89. The second-order valence-electron chi connectivity index (χ2n) is 7.92. The number of aliphatic hydroxyl groups is 1. The average molecular weight is 376 g/mol. The molecule has 2 fully saturated rings. The molecule has 2 bridgehead atoms. The van der Waals surface area contributed by atoms with E-state index in [1.54, 1.807) is 19.1 Å². The Morgan fingerprint density at radius 3 is 2.63 bits per heavy atom. The molecule has 2 aliphatic carbocycles. The van der Waals surface area contributed by atoms with Gasteiger partial charge in [0, 0.05) is 17.1 Å². The summed E-state index contributed by atoms with van der Waals surface area (Å²) in [7, 11) is 0. The number of hydrogen-bond donors (Lipinski definition) is 3. The Hall–Kier alpha value is -2.41. The van der Waals surface area contributed by atoms with Crippen LogP contribution in [0.2, 0.25) is 0 Å². The Kier molecular flexibility index (Phi) is 4.54. The molecule has 0 spiro atoms. The van der Waals surface area contributed by atoms with Crippen LogP contribution in [0, 0.1) is 11.3 Å². The number of carbonyl (C=O) groups is 3. The van der Waals surface area contributed by atoms with Crippen molar-refractivity contribution in [3.63, 3.8) is 0 Å². The number of carboxylic acids is 2. The van der Waals surface area contributed by atoms with Crippen LogP contribution < -0.4 is 0 Å². The van der Waals surface area contributed by atoms with E-state index in [0.29, 0.717) is 12.8 Å². The average Bonchev–Trinajstić information content (AvgIpc) is 2.70. The molecule has 1 aliphatic heterocycles. The number of allylic oxidation sites excluding steroid dienone is 3. The van der Waals surface area contributed by atoms with Crippen molar-refractivity contribution in [1.82, 2.24) is 0 Å². The Bertz CT molecular complexity index is 792. The molecular formula is C20H24O7. The summed E-state index contributed by atoms with van der Waals surface area (Å²) in [6, 6.07) is 0. The van der Waals surface area contributed by atoms with Crippen LogP contribution >= 0.6 is 0 Å². The molecule has 4 atom stereocenters. The van der Waals surface area contributed by atoms with Crippen LogP contribution in [0.1, 0.15) is 46.0 Å². The van der Waals surface area contributed by atoms with Crippen molar-refractivity contribution in [3.05, 3.63) is 35.5 Å². The maximum atomic E-state index is 13.0. The van der Waals surface area contributed by atoms with E-state index >= 15 is 0 Å². The van der Waals surface area contributed by atoms with Crippen molar-refractivity contribution in [2.75, 3.05) is 0 Å². The molecular weight excluding hydrogens is 352 g/mol. The summed E-state index contributed by atoms with van der Waals surface area (Å²) in [6.07, 6.45) is 7.63. The van der Waals surface area contributed by atoms with Gasteiger partial charge in [-0.1, -0.05) is 18.2 Å². The highest BCUT2D eigenvalue weighted by Gasteiger charge is 2.71. The molecule has 3 rings (SSSR count). The quantitative estimate of drug-likeness (QED) is 0.391. The first-order valence-electron chi connectivity index (χ1n) is 9.03. The van der Waals surface area contributed by atoms with Crippen LogP contribution in [0.25, 0.3) is 0 Å². The van der Waals surface area contributed by atoms with Crippen LogP contribution in [0.4, 0.5) is 0 Å². The molecule has 0 aromatic heterocycles. The van der Waals surface area contributed by atoms with Crippen LogP contribution in [-0.2, 0) is 19.1 Å². The van der Waals surface area contributed by atoms with Crippen LogP contribution in [-0.4, -0.2) is 44.4 Å². The lowest BCUT2D eigenvalue weighted by molar-refractivity contribution is -0.224. The van der Waals surface area contributed by atoms with Crippen LogP contribution in [0.5, 0.6) is 0 Å². The number of ether oxygens (including phenoxy) is 1. The third kappa shape index (κ3) is 2.81. The largest absolute Gasteiger partial charge is 0.478 e. The van der Waals surface area contributed by atoms with E-state index in [4.69, 9.17) is 9.84 Å². The van der Waals surface area contributed by atoms with Crippen molar-refractivity contribution in [2.24, 2.45) is 11.3 Å². The van der Waals surface area contributed by atoms with Crippen molar-refractivity contribution in [1.29, 1.82) is 0 Å². The SMILES string of the molecule is CC(=CC=C[C@@]1(C)OC(=O)[C@]23CC=C(C(=O)O)CC[C@]2(O)C1CC3)C(=O)O. The summed E-state index contributed by atoms with van der Waals surface area (Å²) in [5.41, 5.74) is -3.21. The van der Waals surface area contributed by atoms with E-state index in [9.17, 15) is 24.6 Å². The zero-order valence-electron chi connectivity index (χ0n) is 15.4. The van der Waals surface area contributed by atoms with Crippen LogP contribution in [0.3, 0.4) is 0 Å². The molecule has 146 valence electrons. The summed E-state index contributed by atoms with van der Waals surface area (Å²) in [4.78, 5) is 35.2. The van der Waals surface area contributed by atoms with Gasteiger partial charge in [0.05, 0.1) is 5.60 Å². The standard InChI is InChI=1S/C20H24O7/c1-12(15(21)22)4-3-8-18(2)14-7-10-19(17(25)27-18)9-5-13(16(23)24)6-11-20(14,19)26/h3-5,8,14,26H,6-7,9-11H2,1-2H3,(H,21,22)(H,23,24)/t14?,18-,19-,20+/m1/s1. The van der Waals surface area contributed by atoms with Crippen LogP contribution in [0.15, 0.2) is 35.5 Å². The Labute approximate surface area is 157 Å². The van der Waals surface area contributed by atoms with Gasteiger partial charge in [-0.2, -0.15) is 0 Å². The Balaban J connectivity index is 1.97. The minimum Gasteiger partial charge on any atom is -0.478 e. The first kappa shape index (κ1) is 19.4. The van der Waals surface area contributed by atoms with Gasteiger partial charge in [-0.15, -0.1) is 0 Å². The molecule has 3 N–H and O–H groups in total. The number of carboxylic acid groups (broad SMARTS) is 2. The van der Waals surface area contributed by atoms with E-state index in [-0.39, 0.29) is 36.3 Å². The second kappa shape index (κ2) is 6.34. The number of rotatable bonds is 4. The molecule has 1 saturated heterocycles. The van der Waals surface area contributed by atoms with E-state index in [0.717, 1.165) is 0 Å². The molecule has 0 aromatic rings. The van der Waals surface area contributed by atoms with E-state index < -0.39 is 34.5 Å². The Morgan fingerprint density at radius 1 is 1.30 bits per heavy atom. The molecule has 0 amide bonds. The van der Waals surface area contributed by atoms with E-state index in [1.807, 2.05) is 0 Å². The lowest BCUT2D eigenvalue weighted by Crippen LogP contribution is -2.63. The van der Waals surface area contributed by atoms with Crippen molar-refractivity contribution >= 4 is 17.9 Å². The molecule has 1 saturated carbocycles. The predicted molar refractivity (Wildman–Crippen MR) is 94.7 cm³/mol. The second-order valence-corrected chi connectivity index (χ2v) is 7.92. The lowest BCUT2D eigenvalue weighted by Gasteiger charge is -2.52. The molecule has 0 aromatic carbocycles. The summed E-state index contributed by atoms with van der Waals surface area (Å²) in [5, 5.41) is 29.8. The van der Waals surface area contributed by atoms with Gasteiger partial charge >= 0.3 is 17.9 Å². The highest BCUT2D eigenvalue weighted by Crippen LogP contribution is 2.63. The number of cyclic esters (lactones) is 1. The first-order valence-corrected chi connectivity index (χ1v) is 9.03. The smallest absolute Gasteiger partial charge is 0.331 e. The fraction of sp³-hybridized carbons (Fsp3) is 0.550. The predicted octanol–water partition coefficient (Wildman–Crippen LogP) is 2.21. The topological polar surface area (TPSA) is 121 Å². The van der Waals surface area contributed by atoms with E-state index in [1.165, 1.54) is 19.1 Å². The molecule has 1 heterocycles. The third-order valence-corrected chi connectivity index (χ3v) is 6.52. The van der Waals surface area contributed by atoms with Gasteiger partial charge in [0.2, 0.25) is 0 Å². The number of carbonyl (C=O) groups excluding carboxylic acids is 1. The summed E-state index contributed by atoms with van der Waals surface area (Å²) in [6.45, 7) is 3.17. The van der Waals surface area contributed by atoms with Gasteiger partial charge in [-0.05, 0) is 52.0 Å². The van der Waals surface area contributed by atoms with Crippen molar-refractivity contribution in [3.8, 4) is 0 Å². The maximum Gasteiger partial charge on any atom is 0.331 e. The van der Waals surface area contributed by atoms with Gasteiger partial charge < -0.3 is 20.1 Å².